The number of anilines is 2. The number of hydrogen-bond donors (Lipinski definition) is 1. The monoisotopic (exact) mass is 478 g/mol. The van der Waals surface area contributed by atoms with Gasteiger partial charge < -0.3 is 10.2 Å². The fourth-order valence-corrected chi connectivity index (χ4v) is 6.40. The van der Waals surface area contributed by atoms with Crippen LogP contribution in [0.2, 0.25) is 0 Å². The van der Waals surface area contributed by atoms with Crippen LogP contribution in [0.1, 0.15) is 38.5 Å². The first kappa shape index (κ1) is 22.8. The van der Waals surface area contributed by atoms with Gasteiger partial charge in [-0.3, -0.25) is 18.7 Å². The van der Waals surface area contributed by atoms with E-state index in [0.29, 0.717) is 11.8 Å². The van der Waals surface area contributed by atoms with Gasteiger partial charge in [0.05, 0.1) is 22.6 Å². The van der Waals surface area contributed by atoms with Crippen molar-refractivity contribution in [3.63, 3.8) is 0 Å². The standard InChI is InChI=1S/C26H30N4O3S/c1-28-21-14-20(23(15-22(21)29(2)26(28)33)34-19-11-7-4-8-12-19)27-25(32)17-13-24(31)30(16-17)18-9-5-3-6-10-18/h3,5-6,9-10,14-15,17,19H,4,7-8,11-13,16H2,1-2H3,(H,27,32)/t17-/m0/s1. The molecule has 1 aliphatic carbocycles. The topological polar surface area (TPSA) is 76.3 Å². The molecule has 0 unspecified atom stereocenters. The minimum atomic E-state index is -0.421. The molecule has 1 saturated heterocycles. The first-order valence-electron chi connectivity index (χ1n) is 11.9. The zero-order chi connectivity index (χ0) is 23.8. The van der Waals surface area contributed by atoms with E-state index in [1.165, 1.54) is 19.3 Å². The lowest BCUT2D eigenvalue weighted by molar-refractivity contribution is -0.122. The van der Waals surface area contributed by atoms with Crippen LogP contribution in [0.15, 0.2) is 52.2 Å². The van der Waals surface area contributed by atoms with E-state index in [0.717, 1.165) is 40.1 Å². The van der Waals surface area contributed by atoms with Gasteiger partial charge in [-0.25, -0.2) is 4.79 Å². The van der Waals surface area contributed by atoms with E-state index in [9.17, 15) is 14.4 Å². The maximum Gasteiger partial charge on any atom is 0.328 e. The van der Waals surface area contributed by atoms with E-state index in [1.54, 1.807) is 39.9 Å². The number of benzene rings is 2. The van der Waals surface area contributed by atoms with Gasteiger partial charge in [-0.1, -0.05) is 37.5 Å². The van der Waals surface area contributed by atoms with E-state index in [2.05, 4.69) is 5.32 Å². The van der Waals surface area contributed by atoms with E-state index < -0.39 is 5.92 Å². The van der Waals surface area contributed by atoms with Crippen LogP contribution in [0.3, 0.4) is 0 Å². The lowest BCUT2D eigenvalue weighted by atomic mass is 10.0. The number of nitrogens with one attached hydrogen (secondary N) is 1. The van der Waals surface area contributed by atoms with Crippen LogP contribution < -0.4 is 15.9 Å². The normalized spacial score (nSPS) is 19.2. The number of thioether (sulfide) groups is 1. The molecular formula is C26H30N4O3S. The second-order valence-corrected chi connectivity index (χ2v) is 10.7. The molecule has 1 aromatic heterocycles. The van der Waals surface area contributed by atoms with Crippen molar-refractivity contribution in [2.75, 3.05) is 16.8 Å². The van der Waals surface area contributed by atoms with Gasteiger partial charge >= 0.3 is 5.69 Å². The van der Waals surface area contributed by atoms with E-state index >= 15 is 0 Å². The number of amides is 2. The number of hydrogen-bond acceptors (Lipinski definition) is 4. The highest BCUT2D eigenvalue weighted by Crippen LogP contribution is 2.39. The number of rotatable bonds is 5. The summed E-state index contributed by atoms with van der Waals surface area (Å²) in [6, 6.07) is 13.4. The number of fused-ring (bicyclic) bond motifs is 1. The van der Waals surface area contributed by atoms with Gasteiger partial charge in [0.1, 0.15) is 0 Å². The fourth-order valence-electron chi connectivity index (χ4n) is 5.06. The Morgan fingerprint density at radius 3 is 2.35 bits per heavy atom. The highest BCUT2D eigenvalue weighted by Gasteiger charge is 2.35. The summed E-state index contributed by atoms with van der Waals surface area (Å²) in [5.74, 6) is -0.614. The van der Waals surface area contributed by atoms with E-state index in [1.807, 2.05) is 42.5 Å². The van der Waals surface area contributed by atoms with Crippen LogP contribution in [0, 0.1) is 5.92 Å². The van der Waals surface area contributed by atoms with Gasteiger partial charge in [-0.15, -0.1) is 11.8 Å². The smallest absolute Gasteiger partial charge is 0.325 e. The molecule has 2 heterocycles. The Balaban J connectivity index is 1.43. The van der Waals surface area contributed by atoms with Crippen LogP contribution in [-0.2, 0) is 23.7 Å². The molecule has 0 radical (unpaired) electrons. The molecule has 2 aromatic carbocycles. The highest BCUT2D eigenvalue weighted by atomic mass is 32.2. The van der Waals surface area contributed by atoms with Crippen molar-refractivity contribution >= 4 is 46.0 Å². The zero-order valence-corrected chi connectivity index (χ0v) is 20.4. The second kappa shape index (κ2) is 9.33. The third-order valence-electron chi connectivity index (χ3n) is 7.04. The Morgan fingerprint density at radius 1 is 0.971 bits per heavy atom. The Bertz CT molecular complexity index is 1290. The molecule has 8 heteroatoms. The fraction of sp³-hybridized carbons (Fsp3) is 0.423. The van der Waals surface area contributed by atoms with Crippen LogP contribution in [0.5, 0.6) is 0 Å². The molecule has 3 aromatic rings. The molecule has 5 rings (SSSR count). The minimum Gasteiger partial charge on any atom is -0.325 e. The average molecular weight is 479 g/mol. The third-order valence-corrected chi connectivity index (χ3v) is 8.44. The zero-order valence-electron chi connectivity index (χ0n) is 19.6. The molecule has 0 bridgehead atoms. The van der Waals surface area contributed by atoms with Gasteiger partial charge in [0.2, 0.25) is 11.8 Å². The number of aryl methyl sites for hydroxylation is 2. The number of carbonyl (C=O) groups excluding carboxylic acids is 2. The van der Waals surface area contributed by atoms with Crippen molar-refractivity contribution in [3.05, 3.63) is 52.9 Å². The van der Waals surface area contributed by atoms with Gasteiger partial charge in [-0.2, -0.15) is 0 Å². The summed E-state index contributed by atoms with van der Waals surface area (Å²) in [5, 5.41) is 3.62. The van der Waals surface area contributed by atoms with E-state index in [-0.39, 0.29) is 23.9 Å². The van der Waals surface area contributed by atoms with Gasteiger partial charge in [0.15, 0.2) is 0 Å². The third kappa shape index (κ3) is 4.27. The number of carbonyl (C=O) groups is 2. The van der Waals surface area contributed by atoms with Crippen molar-refractivity contribution in [2.24, 2.45) is 20.0 Å². The molecule has 0 spiro atoms. The molecule has 1 saturated carbocycles. The van der Waals surface area contributed by atoms with Crippen molar-refractivity contribution in [3.8, 4) is 0 Å². The largest absolute Gasteiger partial charge is 0.328 e. The molecule has 1 atom stereocenters. The van der Waals surface area contributed by atoms with Crippen LogP contribution in [-0.4, -0.2) is 32.7 Å². The Labute approximate surface area is 203 Å². The highest BCUT2D eigenvalue weighted by molar-refractivity contribution is 8.00. The van der Waals surface area contributed by atoms with Gasteiger partial charge in [0, 0.05) is 42.9 Å². The molecule has 1 aliphatic heterocycles. The predicted octanol–water partition coefficient (Wildman–Crippen LogP) is 4.29. The molecule has 2 aliphatic rings. The van der Waals surface area contributed by atoms with Crippen molar-refractivity contribution < 1.29 is 9.59 Å². The lowest BCUT2D eigenvalue weighted by Gasteiger charge is -2.23. The quantitative estimate of drug-likeness (QED) is 0.593. The van der Waals surface area contributed by atoms with Gasteiger partial charge in [0.25, 0.3) is 0 Å². The Morgan fingerprint density at radius 2 is 1.65 bits per heavy atom. The summed E-state index contributed by atoms with van der Waals surface area (Å²) in [6.07, 6.45) is 6.24. The number of imidazole rings is 1. The summed E-state index contributed by atoms with van der Waals surface area (Å²) >= 11 is 1.80. The van der Waals surface area contributed by atoms with Crippen LogP contribution in [0.4, 0.5) is 11.4 Å². The van der Waals surface area contributed by atoms with E-state index in [4.69, 9.17) is 0 Å². The first-order chi connectivity index (χ1) is 16.4. The lowest BCUT2D eigenvalue weighted by Crippen LogP contribution is -2.28. The number of nitrogens with zero attached hydrogens (tertiary/aromatic N) is 3. The number of aromatic nitrogens is 2. The maximum absolute atomic E-state index is 13.3. The van der Waals surface area contributed by atoms with Crippen molar-refractivity contribution in [2.45, 2.75) is 48.7 Å². The number of para-hydroxylation sites is 1. The van der Waals surface area contributed by atoms with Gasteiger partial charge in [-0.05, 0) is 37.1 Å². The summed E-state index contributed by atoms with van der Waals surface area (Å²) < 4.78 is 3.26. The van der Waals surface area contributed by atoms with Crippen LogP contribution in [0.25, 0.3) is 11.0 Å². The minimum absolute atomic E-state index is 0.0379. The molecule has 34 heavy (non-hydrogen) atoms. The molecule has 2 fully saturated rings. The van der Waals surface area contributed by atoms with Crippen LogP contribution >= 0.6 is 11.8 Å². The molecule has 7 nitrogen and oxygen atoms in total. The molecule has 178 valence electrons. The first-order valence-corrected chi connectivity index (χ1v) is 12.8. The molecule has 1 N–H and O–H groups in total. The predicted molar refractivity (Wildman–Crippen MR) is 136 cm³/mol. The maximum atomic E-state index is 13.3. The summed E-state index contributed by atoms with van der Waals surface area (Å²) in [7, 11) is 3.53. The molecular weight excluding hydrogens is 448 g/mol. The van der Waals surface area contributed by atoms with Crippen molar-refractivity contribution in [1.82, 2.24) is 9.13 Å². The summed E-state index contributed by atoms with van der Waals surface area (Å²) in [6.45, 7) is 0.367. The SMILES string of the molecule is Cn1c(=O)n(C)c2cc(SC3CCCCC3)c(NC(=O)[C@H]3CC(=O)N(c4ccccc4)C3)cc21. The van der Waals surface area contributed by atoms with Crippen molar-refractivity contribution in [1.29, 1.82) is 0 Å². The summed E-state index contributed by atoms with van der Waals surface area (Å²) in [4.78, 5) is 41.1. The summed E-state index contributed by atoms with van der Waals surface area (Å²) in [5.41, 5.74) is 3.09. The Hall–Kier alpha value is -3.00. The Kier molecular flexibility index (Phi) is 6.25. The molecule has 2 amide bonds. The average Bonchev–Trinajstić information content (AvgIpc) is 3.34. The second-order valence-electron chi connectivity index (χ2n) is 9.35.